The van der Waals surface area contributed by atoms with Gasteiger partial charge in [-0.3, -0.25) is 14.4 Å². The Morgan fingerprint density at radius 2 is 0.696 bits per heavy atom. The summed E-state index contributed by atoms with van der Waals surface area (Å²) in [7, 11) is 0. The molecule has 1 atom stereocenters. The van der Waals surface area contributed by atoms with Gasteiger partial charge >= 0.3 is 17.9 Å². The van der Waals surface area contributed by atoms with Crippen molar-refractivity contribution in [1.29, 1.82) is 0 Å². The molecule has 0 aromatic carbocycles. The second-order valence-corrected chi connectivity index (χ2v) is 15.3. The molecule has 6 nitrogen and oxygen atoms in total. The van der Waals surface area contributed by atoms with Gasteiger partial charge < -0.3 is 14.2 Å². The smallest absolute Gasteiger partial charge is 0.306 e. The largest absolute Gasteiger partial charge is 0.462 e. The molecular formula is C50H86O6. The van der Waals surface area contributed by atoms with E-state index in [-0.39, 0.29) is 31.1 Å². The van der Waals surface area contributed by atoms with Gasteiger partial charge in [-0.15, -0.1) is 0 Å². The molecule has 0 amide bonds. The lowest BCUT2D eigenvalue weighted by Crippen LogP contribution is -2.30. The van der Waals surface area contributed by atoms with Gasteiger partial charge in [-0.25, -0.2) is 0 Å². The number of rotatable bonds is 41. The molecule has 1 unspecified atom stereocenters. The molecule has 0 aromatic rings. The summed E-state index contributed by atoms with van der Waals surface area (Å²) in [5.74, 6) is -0.936. The van der Waals surface area contributed by atoms with Crippen LogP contribution in [0.1, 0.15) is 220 Å². The van der Waals surface area contributed by atoms with Crippen LogP contribution in [0.5, 0.6) is 0 Å². The molecule has 0 bridgehead atoms. The van der Waals surface area contributed by atoms with Crippen molar-refractivity contribution in [3.8, 4) is 0 Å². The minimum Gasteiger partial charge on any atom is -0.462 e. The van der Waals surface area contributed by atoms with Crippen molar-refractivity contribution in [3.63, 3.8) is 0 Å². The van der Waals surface area contributed by atoms with E-state index in [1.807, 2.05) is 0 Å². The van der Waals surface area contributed by atoms with Gasteiger partial charge in [-0.1, -0.05) is 178 Å². The maximum absolute atomic E-state index is 12.7. The summed E-state index contributed by atoms with van der Waals surface area (Å²) in [5, 5.41) is 0. The molecule has 0 heterocycles. The van der Waals surface area contributed by atoms with Crippen LogP contribution in [0.25, 0.3) is 0 Å². The molecule has 0 aliphatic heterocycles. The number of esters is 3. The Morgan fingerprint density at radius 1 is 0.375 bits per heavy atom. The van der Waals surface area contributed by atoms with E-state index >= 15 is 0 Å². The molecule has 0 saturated heterocycles. The average molecular weight is 783 g/mol. The molecule has 6 heteroatoms. The van der Waals surface area contributed by atoms with Crippen molar-refractivity contribution in [2.45, 2.75) is 226 Å². The predicted octanol–water partition coefficient (Wildman–Crippen LogP) is 14.9. The van der Waals surface area contributed by atoms with Crippen LogP contribution < -0.4 is 0 Å². The minimum atomic E-state index is -0.787. The second kappa shape index (κ2) is 44.8. The third kappa shape index (κ3) is 42.3. The van der Waals surface area contributed by atoms with Crippen LogP contribution >= 0.6 is 0 Å². The Hall–Kier alpha value is -2.89. The first-order valence-corrected chi connectivity index (χ1v) is 23.3. The van der Waals surface area contributed by atoms with Crippen LogP contribution in [0.2, 0.25) is 0 Å². The van der Waals surface area contributed by atoms with Crippen molar-refractivity contribution in [3.05, 3.63) is 60.8 Å². The number of unbranched alkanes of at least 4 members (excludes halogenated alkanes) is 20. The Morgan fingerprint density at radius 3 is 1.12 bits per heavy atom. The lowest BCUT2D eigenvalue weighted by atomic mass is 10.1. The van der Waals surface area contributed by atoms with Gasteiger partial charge in [-0.2, -0.15) is 0 Å². The van der Waals surface area contributed by atoms with Crippen LogP contribution in [0.15, 0.2) is 60.8 Å². The summed E-state index contributed by atoms with van der Waals surface area (Å²) < 4.78 is 16.6. The fourth-order valence-electron chi connectivity index (χ4n) is 6.25. The normalized spacial score (nSPS) is 12.6. The molecule has 0 aliphatic rings. The first-order valence-electron chi connectivity index (χ1n) is 23.3. The minimum absolute atomic E-state index is 0.0888. The van der Waals surface area contributed by atoms with Crippen molar-refractivity contribution in [2.24, 2.45) is 0 Å². The summed E-state index contributed by atoms with van der Waals surface area (Å²) in [4.78, 5) is 37.6. The number of hydrogen-bond donors (Lipinski definition) is 0. The van der Waals surface area contributed by atoms with Gasteiger partial charge in [-0.05, 0) is 83.5 Å². The fraction of sp³-hybridized carbons (Fsp3) is 0.740. The van der Waals surface area contributed by atoms with Crippen LogP contribution in [0.4, 0.5) is 0 Å². The van der Waals surface area contributed by atoms with Gasteiger partial charge in [0.2, 0.25) is 0 Å². The molecule has 0 rings (SSSR count). The monoisotopic (exact) mass is 783 g/mol. The van der Waals surface area contributed by atoms with Crippen molar-refractivity contribution >= 4 is 17.9 Å². The summed E-state index contributed by atoms with van der Waals surface area (Å²) in [6.07, 6.45) is 53.6. The van der Waals surface area contributed by atoms with Gasteiger partial charge in [0.15, 0.2) is 6.10 Å². The third-order valence-corrected chi connectivity index (χ3v) is 9.76. The zero-order valence-corrected chi connectivity index (χ0v) is 36.6. The predicted molar refractivity (Wildman–Crippen MR) is 238 cm³/mol. The zero-order valence-electron chi connectivity index (χ0n) is 36.6. The Kier molecular flexibility index (Phi) is 42.5. The Bertz CT molecular complexity index is 1040. The quantitative estimate of drug-likeness (QED) is 0.0266. The third-order valence-electron chi connectivity index (χ3n) is 9.76. The van der Waals surface area contributed by atoms with Gasteiger partial charge in [0.05, 0.1) is 0 Å². The maximum Gasteiger partial charge on any atom is 0.306 e. The standard InChI is InChI=1S/C50H86O6/c1-4-7-10-13-16-18-20-22-23-24-25-26-28-29-31-34-37-40-43-49(52)55-46-47(45-54-48(51)42-39-36-33-15-12-9-6-3)56-50(53)44-41-38-35-32-30-27-21-19-17-14-11-8-5-2/h8,11,17-20,23-24,27,30,47H,4-7,9-10,12-16,21-22,25-26,28-29,31-46H2,1-3H3/b11-8-,19-17-,20-18-,24-23-,30-27-. The molecule has 0 saturated carbocycles. The van der Waals surface area contributed by atoms with E-state index in [0.717, 1.165) is 96.3 Å². The average Bonchev–Trinajstić information content (AvgIpc) is 3.19. The van der Waals surface area contributed by atoms with E-state index in [0.29, 0.717) is 19.3 Å². The van der Waals surface area contributed by atoms with E-state index in [4.69, 9.17) is 14.2 Å². The topological polar surface area (TPSA) is 78.9 Å². The molecule has 0 aromatic heterocycles. The van der Waals surface area contributed by atoms with Crippen molar-refractivity contribution < 1.29 is 28.6 Å². The fourth-order valence-corrected chi connectivity index (χ4v) is 6.25. The molecular weight excluding hydrogens is 697 g/mol. The van der Waals surface area contributed by atoms with Gasteiger partial charge in [0, 0.05) is 19.3 Å². The van der Waals surface area contributed by atoms with Gasteiger partial charge in [0.25, 0.3) is 0 Å². The highest BCUT2D eigenvalue weighted by Gasteiger charge is 2.19. The molecule has 0 N–H and O–H groups in total. The zero-order chi connectivity index (χ0) is 40.8. The number of ether oxygens (including phenoxy) is 3. The Labute approximate surface area is 345 Å². The van der Waals surface area contributed by atoms with E-state index in [9.17, 15) is 14.4 Å². The molecule has 0 spiro atoms. The highest BCUT2D eigenvalue weighted by Crippen LogP contribution is 2.13. The summed E-state index contributed by atoms with van der Waals surface area (Å²) in [6, 6.07) is 0. The molecule has 322 valence electrons. The molecule has 0 aliphatic carbocycles. The van der Waals surface area contributed by atoms with Crippen LogP contribution in [0.3, 0.4) is 0 Å². The van der Waals surface area contributed by atoms with Crippen LogP contribution in [-0.4, -0.2) is 37.2 Å². The van der Waals surface area contributed by atoms with E-state index in [1.165, 1.54) is 83.5 Å². The van der Waals surface area contributed by atoms with Crippen molar-refractivity contribution in [2.75, 3.05) is 13.2 Å². The number of hydrogen-bond acceptors (Lipinski definition) is 6. The van der Waals surface area contributed by atoms with Crippen molar-refractivity contribution in [1.82, 2.24) is 0 Å². The Balaban J connectivity index is 4.33. The summed E-state index contributed by atoms with van der Waals surface area (Å²) in [6.45, 7) is 6.42. The number of allylic oxidation sites excluding steroid dienone is 10. The second-order valence-electron chi connectivity index (χ2n) is 15.3. The SMILES string of the molecule is CC/C=C\C/C=C\C/C=C\CCCCCC(=O)OC(COC(=O)CCCCCCCCC)COC(=O)CCCCCCCCC/C=C\C/C=C\CCCCCC. The van der Waals surface area contributed by atoms with E-state index in [1.54, 1.807) is 0 Å². The van der Waals surface area contributed by atoms with E-state index in [2.05, 4.69) is 81.5 Å². The molecule has 0 radical (unpaired) electrons. The van der Waals surface area contributed by atoms with Crippen LogP contribution in [0, 0.1) is 0 Å². The summed E-state index contributed by atoms with van der Waals surface area (Å²) >= 11 is 0. The number of carbonyl (C=O) groups excluding carboxylic acids is 3. The first kappa shape index (κ1) is 53.1. The highest BCUT2D eigenvalue weighted by atomic mass is 16.6. The van der Waals surface area contributed by atoms with Gasteiger partial charge in [0.1, 0.15) is 13.2 Å². The van der Waals surface area contributed by atoms with Crippen LogP contribution in [-0.2, 0) is 28.6 Å². The van der Waals surface area contributed by atoms with E-state index < -0.39 is 6.10 Å². The first-order chi connectivity index (χ1) is 27.5. The lowest BCUT2D eigenvalue weighted by Gasteiger charge is -2.18. The molecule has 0 fully saturated rings. The highest BCUT2D eigenvalue weighted by molar-refractivity contribution is 5.71. The lowest BCUT2D eigenvalue weighted by molar-refractivity contribution is -0.167. The molecule has 56 heavy (non-hydrogen) atoms. The maximum atomic E-state index is 12.7. The summed E-state index contributed by atoms with van der Waals surface area (Å²) in [5.41, 5.74) is 0. The number of carbonyl (C=O) groups is 3.